The number of aliphatic hydroxyl groups is 1. The molecule has 2 rings (SSSR count). The van der Waals surface area contributed by atoms with Crippen molar-refractivity contribution in [1.82, 2.24) is 0 Å². The van der Waals surface area contributed by atoms with Crippen LogP contribution in [-0.4, -0.2) is 11.7 Å². The van der Waals surface area contributed by atoms with Gasteiger partial charge in [0.05, 0.1) is 6.61 Å². The van der Waals surface area contributed by atoms with Gasteiger partial charge >= 0.3 is 0 Å². The SMILES string of the molecule is CC(C)(C)c1ccc(CC(CO)c2ccccc2)cc1. The van der Waals surface area contributed by atoms with Crippen LogP contribution in [0, 0.1) is 0 Å². The van der Waals surface area contributed by atoms with Gasteiger partial charge in [-0.15, -0.1) is 0 Å². The lowest BCUT2D eigenvalue weighted by Crippen LogP contribution is -2.11. The van der Waals surface area contributed by atoms with Gasteiger partial charge in [0.15, 0.2) is 0 Å². The highest BCUT2D eigenvalue weighted by Gasteiger charge is 2.14. The Balaban J connectivity index is 2.13. The Labute approximate surface area is 122 Å². The van der Waals surface area contributed by atoms with Crippen molar-refractivity contribution in [3.8, 4) is 0 Å². The molecule has 0 saturated carbocycles. The monoisotopic (exact) mass is 268 g/mol. The largest absolute Gasteiger partial charge is 0.396 e. The van der Waals surface area contributed by atoms with E-state index >= 15 is 0 Å². The van der Waals surface area contributed by atoms with Crippen molar-refractivity contribution >= 4 is 0 Å². The van der Waals surface area contributed by atoms with Crippen LogP contribution < -0.4 is 0 Å². The maximum atomic E-state index is 9.62. The van der Waals surface area contributed by atoms with Gasteiger partial charge in [0.2, 0.25) is 0 Å². The molecule has 1 N–H and O–H groups in total. The smallest absolute Gasteiger partial charge is 0.0502 e. The van der Waals surface area contributed by atoms with Gasteiger partial charge in [-0.1, -0.05) is 75.4 Å². The second-order valence-electron chi connectivity index (χ2n) is 6.44. The predicted molar refractivity (Wildman–Crippen MR) is 85.1 cm³/mol. The van der Waals surface area contributed by atoms with Crippen molar-refractivity contribution in [3.05, 3.63) is 71.3 Å². The fourth-order valence-electron chi connectivity index (χ4n) is 2.44. The van der Waals surface area contributed by atoms with E-state index in [0.717, 1.165) is 6.42 Å². The first kappa shape index (κ1) is 14.8. The molecule has 0 aromatic heterocycles. The molecular formula is C19H24O. The van der Waals surface area contributed by atoms with E-state index in [1.54, 1.807) is 0 Å². The molecule has 0 fully saturated rings. The Kier molecular flexibility index (Phi) is 4.61. The summed E-state index contributed by atoms with van der Waals surface area (Å²) in [6.45, 7) is 6.86. The van der Waals surface area contributed by atoms with Crippen molar-refractivity contribution in [3.63, 3.8) is 0 Å². The highest BCUT2D eigenvalue weighted by molar-refractivity contribution is 5.30. The molecule has 0 saturated heterocycles. The van der Waals surface area contributed by atoms with Crippen molar-refractivity contribution in [2.45, 2.75) is 38.5 Å². The number of hydrogen-bond donors (Lipinski definition) is 1. The first-order valence-electron chi connectivity index (χ1n) is 7.26. The lowest BCUT2D eigenvalue weighted by Gasteiger charge is -2.20. The van der Waals surface area contributed by atoms with E-state index in [2.05, 4.69) is 57.2 Å². The van der Waals surface area contributed by atoms with Crippen LogP contribution in [0.2, 0.25) is 0 Å². The summed E-state index contributed by atoms with van der Waals surface area (Å²) in [6, 6.07) is 19.0. The predicted octanol–water partition coefficient (Wildman–Crippen LogP) is 4.30. The summed E-state index contributed by atoms with van der Waals surface area (Å²) >= 11 is 0. The molecule has 0 bridgehead atoms. The Bertz CT molecular complexity index is 520. The van der Waals surface area contributed by atoms with E-state index in [0.29, 0.717) is 0 Å². The fraction of sp³-hybridized carbons (Fsp3) is 0.368. The van der Waals surface area contributed by atoms with Crippen molar-refractivity contribution in [2.24, 2.45) is 0 Å². The van der Waals surface area contributed by atoms with Gasteiger partial charge in [0, 0.05) is 5.92 Å². The van der Waals surface area contributed by atoms with Crippen LogP contribution in [0.1, 0.15) is 43.4 Å². The third-order valence-corrected chi connectivity index (χ3v) is 3.79. The van der Waals surface area contributed by atoms with Gasteiger partial charge in [-0.3, -0.25) is 0 Å². The van der Waals surface area contributed by atoms with Gasteiger partial charge in [0.1, 0.15) is 0 Å². The number of hydrogen-bond acceptors (Lipinski definition) is 1. The number of rotatable bonds is 4. The average molecular weight is 268 g/mol. The van der Waals surface area contributed by atoms with E-state index in [1.165, 1.54) is 16.7 Å². The summed E-state index contributed by atoms with van der Waals surface area (Å²) in [5.41, 5.74) is 4.02. The summed E-state index contributed by atoms with van der Waals surface area (Å²) in [5, 5.41) is 9.62. The van der Waals surface area contributed by atoms with E-state index < -0.39 is 0 Å². The summed E-state index contributed by atoms with van der Waals surface area (Å²) in [4.78, 5) is 0. The topological polar surface area (TPSA) is 20.2 Å². The van der Waals surface area contributed by atoms with E-state index in [4.69, 9.17) is 0 Å². The maximum Gasteiger partial charge on any atom is 0.0502 e. The Morgan fingerprint density at radius 1 is 0.900 bits per heavy atom. The molecule has 0 aliphatic heterocycles. The van der Waals surface area contributed by atoms with Crippen LogP contribution in [0.15, 0.2) is 54.6 Å². The third-order valence-electron chi connectivity index (χ3n) is 3.79. The summed E-state index contributed by atoms with van der Waals surface area (Å²) < 4.78 is 0. The van der Waals surface area contributed by atoms with Gasteiger partial charge in [-0.25, -0.2) is 0 Å². The molecule has 0 amide bonds. The quantitative estimate of drug-likeness (QED) is 0.876. The van der Waals surface area contributed by atoms with Crippen LogP contribution in [0.3, 0.4) is 0 Å². The van der Waals surface area contributed by atoms with Gasteiger partial charge in [0.25, 0.3) is 0 Å². The standard InChI is InChI=1S/C19H24O/c1-19(2,3)18-11-9-15(10-12-18)13-17(14-20)16-7-5-4-6-8-16/h4-12,17,20H,13-14H2,1-3H3. The van der Waals surface area contributed by atoms with Crippen LogP contribution in [0.4, 0.5) is 0 Å². The van der Waals surface area contributed by atoms with Gasteiger partial charge in [-0.05, 0) is 28.5 Å². The summed E-state index contributed by atoms with van der Waals surface area (Å²) in [7, 11) is 0. The minimum Gasteiger partial charge on any atom is -0.396 e. The highest BCUT2D eigenvalue weighted by atomic mass is 16.3. The molecule has 2 aromatic carbocycles. The van der Waals surface area contributed by atoms with Crippen LogP contribution in [0.25, 0.3) is 0 Å². The minimum atomic E-state index is 0.177. The molecule has 0 aliphatic rings. The zero-order valence-corrected chi connectivity index (χ0v) is 12.6. The van der Waals surface area contributed by atoms with Crippen LogP contribution in [0.5, 0.6) is 0 Å². The van der Waals surface area contributed by atoms with Crippen LogP contribution in [-0.2, 0) is 11.8 Å². The van der Waals surface area contributed by atoms with Crippen molar-refractivity contribution in [1.29, 1.82) is 0 Å². The number of aliphatic hydroxyl groups excluding tert-OH is 1. The molecule has 0 spiro atoms. The minimum absolute atomic E-state index is 0.177. The zero-order chi connectivity index (χ0) is 14.6. The zero-order valence-electron chi connectivity index (χ0n) is 12.6. The maximum absolute atomic E-state index is 9.62. The second-order valence-corrected chi connectivity index (χ2v) is 6.44. The summed E-state index contributed by atoms with van der Waals surface area (Å²) in [5.74, 6) is 0.177. The first-order valence-corrected chi connectivity index (χ1v) is 7.26. The van der Waals surface area contributed by atoms with Crippen molar-refractivity contribution < 1.29 is 5.11 Å². The third kappa shape index (κ3) is 3.71. The molecular weight excluding hydrogens is 244 g/mol. The Hall–Kier alpha value is -1.60. The fourth-order valence-corrected chi connectivity index (χ4v) is 2.44. The molecule has 0 heterocycles. The molecule has 20 heavy (non-hydrogen) atoms. The van der Waals surface area contributed by atoms with E-state index in [-0.39, 0.29) is 17.9 Å². The first-order chi connectivity index (χ1) is 9.50. The Morgan fingerprint density at radius 2 is 1.50 bits per heavy atom. The lowest BCUT2D eigenvalue weighted by atomic mass is 9.85. The normalized spacial score (nSPS) is 13.2. The van der Waals surface area contributed by atoms with E-state index in [1.807, 2.05) is 18.2 Å². The molecule has 1 nitrogen and oxygen atoms in total. The van der Waals surface area contributed by atoms with Gasteiger partial charge in [-0.2, -0.15) is 0 Å². The van der Waals surface area contributed by atoms with Crippen molar-refractivity contribution in [2.75, 3.05) is 6.61 Å². The average Bonchev–Trinajstić information content (AvgIpc) is 2.45. The molecule has 106 valence electrons. The molecule has 0 aliphatic carbocycles. The number of benzene rings is 2. The highest BCUT2D eigenvalue weighted by Crippen LogP contribution is 2.25. The lowest BCUT2D eigenvalue weighted by molar-refractivity contribution is 0.264. The molecule has 2 aromatic rings. The molecule has 1 unspecified atom stereocenters. The van der Waals surface area contributed by atoms with Crippen LogP contribution >= 0.6 is 0 Å². The molecule has 1 heteroatoms. The van der Waals surface area contributed by atoms with Gasteiger partial charge < -0.3 is 5.11 Å². The molecule has 0 radical (unpaired) electrons. The van der Waals surface area contributed by atoms with E-state index in [9.17, 15) is 5.11 Å². The second kappa shape index (κ2) is 6.23. The molecule has 1 atom stereocenters. The Morgan fingerprint density at radius 3 is 2.00 bits per heavy atom. The summed E-state index contributed by atoms with van der Waals surface area (Å²) in [6.07, 6.45) is 0.880.